The van der Waals surface area contributed by atoms with Gasteiger partial charge in [0.05, 0.1) is 12.8 Å². The smallest absolute Gasteiger partial charge is 0.240 e. The van der Waals surface area contributed by atoms with Crippen LogP contribution in [0.1, 0.15) is 11.3 Å². The van der Waals surface area contributed by atoms with E-state index < -0.39 is 0 Å². The summed E-state index contributed by atoms with van der Waals surface area (Å²) in [6.07, 6.45) is 0. The summed E-state index contributed by atoms with van der Waals surface area (Å²) in [7, 11) is 1.63. The second-order valence-corrected chi connectivity index (χ2v) is 5.93. The van der Waals surface area contributed by atoms with Crippen LogP contribution in [-0.2, 0) is 17.9 Å². The highest BCUT2D eigenvalue weighted by Crippen LogP contribution is 2.20. The molecule has 0 unspecified atom stereocenters. The first-order chi connectivity index (χ1) is 10.0. The van der Waals surface area contributed by atoms with Crippen molar-refractivity contribution in [2.24, 2.45) is 0 Å². The average Bonchev–Trinajstić information content (AvgIpc) is 2.72. The minimum atomic E-state index is -0.0699. The number of hydrogen-bond donors (Lipinski definition) is 1. The minimum absolute atomic E-state index is 0.0699. The fourth-order valence-electron chi connectivity index (χ4n) is 1.80. The number of imidazole rings is 1. The number of aromatic nitrogens is 2. The number of carbonyl (C=O) groups excluding carboxylic acids is 1. The molecule has 112 valence electrons. The molecule has 5 nitrogen and oxygen atoms in total. The highest BCUT2D eigenvalue weighted by molar-refractivity contribution is 9.11. The zero-order valence-electron chi connectivity index (χ0n) is 11.7. The highest BCUT2D eigenvalue weighted by Gasteiger charge is 2.12. The van der Waals surface area contributed by atoms with Crippen molar-refractivity contribution in [1.29, 1.82) is 0 Å². The lowest BCUT2D eigenvalue weighted by molar-refractivity contribution is -0.121. The highest BCUT2D eigenvalue weighted by atomic mass is 79.9. The van der Waals surface area contributed by atoms with Crippen LogP contribution in [0.4, 0.5) is 0 Å². The Labute approximate surface area is 140 Å². The van der Waals surface area contributed by atoms with Gasteiger partial charge in [-0.05, 0) is 56.5 Å². The van der Waals surface area contributed by atoms with Crippen molar-refractivity contribution >= 4 is 37.8 Å². The predicted molar refractivity (Wildman–Crippen MR) is 87.2 cm³/mol. The summed E-state index contributed by atoms with van der Waals surface area (Å²) < 4.78 is 8.26. The zero-order chi connectivity index (χ0) is 15.4. The quantitative estimate of drug-likeness (QED) is 0.814. The molecule has 1 heterocycles. The Morgan fingerprint density at radius 2 is 2.00 bits per heavy atom. The van der Waals surface area contributed by atoms with Gasteiger partial charge in [-0.1, -0.05) is 12.1 Å². The van der Waals surface area contributed by atoms with Crippen LogP contribution in [0.3, 0.4) is 0 Å². The molecule has 0 aliphatic carbocycles. The maximum absolute atomic E-state index is 12.0. The second-order valence-electron chi connectivity index (χ2n) is 4.47. The van der Waals surface area contributed by atoms with Gasteiger partial charge in [-0.2, -0.15) is 0 Å². The molecule has 1 aromatic carbocycles. The molecule has 2 rings (SSSR count). The first kappa shape index (κ1) is 16.0. The van der Waals surface area contributed by atoms with Crippen LogP contribution in [-0.4, -0.2) is 22.6 Å². The summed E-state index contributed by atoms with van der Waals surface area (Å²) in [6.45, 7) is 2.61. The van der Waals surface area contributed by atoms with Gasteiger partial charge >= 0.3 is 0 Å². The normalized spacial score (nSPS) is 10.5. The number of benzene rings is 1. The van der Waals surface area contributed by atoms with Gasteiger partial charge in [-0.15, -0.1) is 0 Å². The van der Waals surface area contributed by atoms with Gasteiger partial charge in [0.15, 0.2) is 4.73 Å². The summed E-state index contributed by atoms with van der Waals surface area (Å²) in [5, 5.41) is 2.88. The van der Waals surface area contributed by atoms with E-state index in [0.717, 1.165) is 21.6 Å². The molecule has 0 spiro atoms. The van der Waals surface area contributed by atoms with Crippen molar-refractivity contribution in [3.63, 3.8) is 0 Å². The molecule has 0 radical (unpaired) electrons. The van der Waals surface area contributed by atoms with Crippen molar-refractivity contribution in [3.8, 4) is 5.75 Å². The van der Waals surface area contributed by atoms with E-state index in [4.69, 9.17) is 4.74 Å². The average molecular weight is 417 g/mol. The lowest BCUT2D eigenvalue weighted by Gasteiger charge is -2.09. The topological polar surface area (TPSA) is 56.1 Å². The van der Waals surface area contributed by atoms with Crippen LogP contribution < -0.4 is 10.1 Å². The van der Waals surface area contributed by atoms with Crippen LogP contribution in [0.2, 0.25) is 0 Å². The SMILES string of the molecule is COc1ccc(CNC(=O)Cn2c(Br)nc(Br)c2C)cc1. The molecule has 0 aliphatic rings. The predicted octanol–water partition coefficient (Wildman–Crippen LogP) is 3.04. The largest absolute Gasteiger partial charge is 0.497 e. The maximum Gasteiger partial charge on any atom is 0.240 e. The Morgan fingerprint density at radius 1 is 1.33 bits per heavy atom. The Hall–Kier alpha value is -1.34. The van der Waals surface area contributed by atoms with Crippen LogP contribution in [0, 0.1) is 6.92 Å². The van der Waals surface area contributed by atoms with Crippen LogP contribution in [0.15, 0.2) is 33.6 Å². The van der Waals surface area contributed by atoms with Gasteiger partial charge in [0.1, 0.15) is 16.9 Å². The third-order valence-electron chi connectivity index (χ3n) is 3.07. The number of nitrogens with one attached hydrogen (secondary N) is 1. The monoisotopic (exact) mass is 415 g/mol. The van der Waals surface area contributed by atoms with E-state index in [1.807, 2.05) is 31.2 Å². The molecule has 2 aromatic rings. The number of methoxy groups -OCH3 is 1. The molecule has 1 amide bonds. The third-order valence-corrected chi connectivity index (χ3v) is 4.42. The van der Waals surface area contributed by atoms with Gasteiger partial charge in [0, 0.05) is 6.54 Å². The summed E-state index contributed by atoms with van der Waals surface area (Å²) in [5.74, 6) is 0.729. The van der Waals surface area contributed by atoms with Crippen LogP contribution in [0.5, 0.6) is 5.75 Å². The fourth-order valence-corrected chi connectivity index (χ4v) is 2.99. The van der Waals surface area contributed by atoms with Crippen molar-refractivity contribution in [2.75, 3.05) is 7.11 Å². The van der Waals surface area contributed by atoms with E-state index in [9.17, 15) is 4.79 Å². The third kappa shape index (κ3) is 4.07. The summed E-state index contributed by atoms with van der Waals surface area (Å²) >= 11 is 6.68. The van der Waals surface area contributed by atoms with E-state index in [1.54, 1.807) is 11.7 Å². The number of ether oxygens (including phenoxy) is 1. The molecule has 0 fully saturated rings. The first-order valence-electron chi connectivity index (χ1n) is 6.29. The minimum Gasteiger partial charge on any atom is -0.497 e. The van der Waals surface area contributed by atoms with Crippen LogP contribution in [0.25, 0.3) is 0 Å². The molecular formula is C14H15Br2N3O2. The van der Waals surface area contributed by atoms with Gasteiger partial charge < -0.3 is 14.6 Å². The van der Waals surface area contributed by atoms with Crippen molar-refractivity contribution < 1.29 is 9.53 Å². The standard InChI is InChI=1S/C14H15Br2N3O2/c1-9-13(15)18-14(16)19(9)8-12(20)17-7-10-3-5-11(21-2)6-4-10/h3-6H,7-8H2,1-2H3,(H,17,20). The second kappa shape index (κ2) is 7.09. The zero-order valence-corrected chi connectivity index (χ0v) is 14.9. The summed E-state index contributed by atoms with van der Waals surface area (Å²) in [5.41, 5.74) is 1.92. The Bertz CT molecular complexity index is 638. The number of halogens is 2. The van der Waals surface area contributed by atoms with Gasteiger partial charge in [-0.3, -0.25) is 4.79 Å². The lowest BCUT2D eigenvalue weighted by Crippen LogP contribution is -2.27. The molecule has 0 aliphatic heterocycles. The number of nitrogens with zero attached hydrogens (tertiary/aromatic N) is 2. The molecule has 7 heteroatoms. The molecule has 1 aromatic heterocycles. The molecule has 0 saturated heterocycles. The summed E-state index contributed by atoms with van der Waals surface area (Å²) in [4.78, 5) is 16.2. The van der Waals surface area contributed by atoms with E-state index >= 15 is 0 Å². The van der Waals surface area contributed by atoms with Crippen molar-refractivity contribution in [3.05, 3.63) is 44.9 Å². The molecule has 1 N–H and O–H groups in total. The molecule has 21 heavy (non-hydrogen) atoms. The molecular weight excluding hydrogens is 402 g/mol. The number of carbonyl (C=O) groups is 1. The van der Waals surface area contributed by atoms with Gasteiger partial charge in [0.25, 0.3) is 0 Å². The van der Waals surface area contributed by atoms with Gasteiger partial charge in [0.2, 0.25) is 5.91 Å². The molecule has 0 atom stereocenters. The van der Waals surface area contributed by atoms with Crippen molar-refractivity contribution in [1.82, 2.24) is 14.9 Å². The molecule has 0 bridgehead atoms. The first-order valence-corrected chi connectivity index (χ1v) is 7.87. The van der Waals surface area contributed by atoms with Crippen LogP contribution >= 0.6 is 31.9 Å². The fraction of sp³-hybridized carbons (Fsp3) is 0.286. The van der Waals surface area contributed by atoms with E-state index in [0.29, 0.717) is 11.3 Å². The van der Waals surface area contributed by atoms with Gasteiger partial charge in [-0.25, -0.2) is 4.98 Å². The molecule has 0 saturated carbocycles. The van der Waals surface area contributed by atoms with E-state index in [-0.39, 0.29) is 12.5 Å². The number of amides is 1. The summed E-state index contributed by atoms with van der Waals surface area (Å²) in [6, 6.07) is 7.59. The maximum atomic E-state index is 12.0. The number of rotatable bonds is 5. The number of hydrogen-bond acceptors (Lipinski definition) is 3. The van der Waals surface area contributed by atoms with E-state index in [1.165, 1.54) is 0 Å². The van der Waals surface area contributed by atoms with E-state index in [2.05, 4.69) is 42.2 Å². The Kier molecular flexibility index (Phi) is 5.41. The lowest BCUT2D eigenvalue weighted by atomic mass is 10.2. The Morgan fingerprint density at radius 3 is 2.52 bits per heavy atom. The Balaban J connectivity index is 1.92. The van der Waals surface area contributed by atoms with Crippen molar-refractivity contribution in [2.45, 2.75) is 20.0 Å².